The average Bonchev–Trinajstić information content (AvgIpc) is 2.69. The number of piperidine rings is 1. The van der Waals surface area contributed by atoms with E-state index in [0.717, 1.165) is 22.4 Å². The molecule has 136 valence electrons. The summed E-state index contributed by atoms with van der Waals surface area (Å²) in [5.74, 6) is 0.208. The first-order valence-corrected chi connectivity index (χ1v) is 8.97. The van der Waals surface area contributed by atoms with Crippen molar-refractivity contribution in [3.05, 3.63) is 48.3 Å². The SMILES string of the molecule is CCOC(=O)N1CCC2(CC1)OCc1cc(-c3cccnc3)ccc1O2. The van der Waals surface area contributed by atoms with Crippen molar-refractivity contribution in [3.8, 4) is 16.9 Å². The molecule has 3 heterocycles. The molecule has 2 aromatic rings. The van der Waals surface area contributed by atoms with Gasteiger partial charge >= 0.3 is 6.09 Å². The molecule has 6 nitrogen and oxygen atoms in total. The van der Waals surface area contributed by atoms with E-state index in [1.807, 2.05) is 37.4 Å². The zero-order valence-corrected chi connectivity index (χ0v) is 14.8. The molecule has 1 aromatic carbocycles. The summed E-state index contributed by atoms with van der Waals surface area (Å²) < 4.78 is 17.4. The fraction of sp³-hybridized carbons (Fsp3) is 0.400. The van der Waals surface area contributed by atoms with Crippen LogP contribution in [0.3, 0.4) is 0 Å². The highest BCUT2D eigenvalue weighted by atomic mass is 16.7. The lowest BCUT2D eigenvalue weighted by molar-refractivity contribution is -0.226. The summed E-state index contributed by atoms with van der Waals surface area (Å²) in [4.78, 5) is 17.7. The second-order valence-electron chi connectivity index (χ2n) is 6.55. The number of carbonyl (C=O) groups is 1. The van der Waals surface area contributed by atoms with Crippen LogP contribution >= 0.6 is 0 Å². The molecule has 2 aliphatic heterocycles. The van der Waals surface area contributed by atoms with Gasteiger partial charge in [-0.05, 0) is 30.7 Å². The van der Waals surface area contributed by atoms with Crippen molar-refractivity contribution in [2.75, 3.05) is 19.7 Å². The van der Waals surface area contributed by atoms with Gasteiger partial charge in [-0.25, -0.2) is 4.79 Å². The number of hydrogen-bond donors (Lipinski definition) is 0. The van der Waals surface area contributed by atoms with E-state index in [1.165, 1.54) is 0 Å². The van der Waals surface area contributed by atoms with Gasteiger partial charge in [0.1, 0.15) is 5.75 Å². The van der Waals surface area contributed by atoms with Crippen molar-refractivity contribution >= 4 is 6.09 Å². The minimum absolute atomic E-state index is 0.264. The number of rotatable bonds is 2. The highest BCUT2D eigenvalue weighted by Gasteiger charge is 2.42. The van der Waals surface area contributed by atoms with Gasteiger partial charge in [0.2, 0.25) is 5.79 Å². The Morgan fingerprint density at radius 3 is 2.85 bits per heavy atom. The summed E-state index contributed by atoms with van der Waals surface area (Å²) in [6, 6.07) is 10.1. The Morgan fingerprint density at radius 2 is 2.12 bits per heavy atom. The summed E-state index contributed by atoms with van der Waals surface area (Å²) in [5.41, 5.74) is 3.19. The Balaban J connectivity index is 1.46. The molecule has 26 heavy (non-hydrogen) atoms. The molecule has 6 heteroatoms. The van der Waals surface area contributed by atoms with E-state index < -0.39 is 5.79 Å². The van der Waals surface area contributed by atoms with Gasteiger partial charge in [-0.1, -0.05) is 12.1 Å². The van der Waals surface area contributed by atoms with E-state index in [1.54, 1.807) is 11.1 Å². The van der Waals surface area contributed by atoms with Gasteiger partial charge in [-0.15, -0.1) is 0 Å². The van der Waals surface area contributed by atoms with Gasteiger partial charge < -0.3 is 19.1 Å². The molecule has 4 rings (SSSR count). The van der Waals surface area contributed by atoms with E-state index in [9.17, 15) is 4.79 Å². The number of nitrogens with zero attached hydrogens (tertiary/aromatic N) is 2. The first kappa shape index (κ1) is 16.8. The molecule has 0 unspecified atom stereocenters. The number of amides is 1. The molecular weight excluding hydrogens is 332 g/mol. The van der Waals surface area contributed by atoms with Crippen molar-refractivity contribution in [1.82, 2.24) is 9.88 Å². The summed E-state index contributed by atoms with van der Waals surface area (Å²) in [5, 5.41) is 0. The lowest BCUT2D eigenvalue weighted by atomic mass is 10.00. The number of pyridine rings is 1. The number of aromatic nitrogens is 1. The quantitative estimate of drug-likeness (QED) is 0.824. The molecule has 1 aromatic heterocycles. The molecule has 0 atom stereocenters. The first-order chi connectivity index (χ1) is 12.7. The molecular formula is C20H22N2O4. The zero-order valence-electron chi connectivity index (χ0n) is 14.8. The van der Waals surface area contributed by atoms with Crippen molar-refractivity contribution < 1.29 is 19.0 Å². The average molecular weight is 354 g/mol. The highest BCUT2D eigenvalue weighted by molar-refractivity contribution is 5.67. The van der Waals surface area contributed by atoms with Crippen molar-refractivity contribution in [3.63, 3.8) is 0 Å². The normalized spacial score (nSPS) is 18.1. The van der Waals surface area contributed by atoms with Gasteiger partial charge in [0, 0.05) is 49.5 Å². The third kappa shape index (κ3) is 3.24. The lowest BCUT2D eigenvalue weighted by Crippen LogP contribution is -2.52. The maximum Gasteiger partial charge on any atom is 0.409 e. The third-order valence-corrected chi connectivity index (χ3v) is 4.89. The Hall–Kier alpha value is -2.60. The van der Waals surface area contributed by atoms with Crippen LogP contribution in [-0.4, -0.2) is 41.5 Å². The largest absolute Gasteiger partial charge is 0.462 e. The summed E-state index contributed by atoms with van der Waals surface area (Å²) in [6.07, 6.45) is 4.62. The lowest BCUT2D eigenvalue weighted by Gasteiger charge is -2.43. The Labute approximate surface area is 152 Å². The van der Waals surface area contributed by atoms with E-state index in [-0.39, 0.29) is 6.09 Å². The van der Waals surface area contributed by atoms with Crippen LogP contribution in [0.25, 0.3) is 11.1 Å². The number of fused-ring (bicyclic) bond motifs is 1. The monoisotopic (exact) mass is 354 g/mol. The fourth-order valence-electron chi connectivity index (χ4n) is 3.44. The molecule has 1 fully saturated rings. The van der Waals surface area contributed by atoms with Crippen LogP contribution in [0.2, 0.25) is 0 Å². The minimum Gasteiger partial charge on any atom is -0.462 e. The summed E-state index contributed by atoms with van der Waals surface area (Å²) >= 11 is 0. The summed E-state index contributed by atoms with van der Waals surface area (Å²) in [7, 11) is 0. The molecule has 1 spiro atoms. The molecule has 0 N–H and O–H groups in total. The van der Waals surface area contributed by atoms with Crippen molar-refractivity contribution in [1.29, 1.82) is 0 Å². The second-order valence-corrected chi connectivity index (χ2v) is 6.55. The van der Waals surface area contributed by atoms with Crippen molar-refractivity contribution in [2.24, 2.45) is 0 Å². The zero-order chi connectivity index (χ0) is 18.0. The molecule has 1 amide bonds. The van der Waals surface area contributed by atoms with Crippen molar-refractivity contribution in [2.45, 2.75) is 32.2 Å². The second kappa shape index (κ2) is 6.96. The summed E-state index contributed by atoms with van der Waals surface area (Å²) in [6.45, 7) is 3.85. The maximum atomic E-state index is 11.9. The van der Waals surface area contributed by atoms with Crippen LogP contribution in [0, 0.1) is 0 Å². The topological polar surface area (TPSA) is 60.9 Å². The Morgan fingerprint density at radius 1 is 1.27 bits per heavy atom. The van der Waals surface area contributed by atoms with Crippen LogP contribution in [0.5, 0.6) is 5.75 Å². The minimum atomic E-state index is -0.647. The highest BCUT2D eigenvalue weighted by Crippen LogP contribution is 2.39. The van der Waals surface area contributed by atoms with Crippen LogP contribution in [-0.2, 0) is 16.1 Å². The van der Waals surface area contributed by atoms with Gasteiger partial charge in [-0.2, -0.15) is 0 Å². The van der Waals surface area contributed by atoms with Crippen LogP contribution < -0.4 is 4.74 Å². The maximum absolute atomic E-state index is 11.9. The number of carbonyl (C=O) groups excluding carboxylic acids is 1. The van der Waals surface area contributed by atoms with Gasteiger partial charge in [0.05, 0.1) is 13.2 Å². The predicted molar refractivity (Wildman–Crippen MR) is 95.7 cm³/mol. The Bertz CT molecular complexity index is 786. The van der Waals surface area contributed by atoms with Crippen LogP contribution in [0.15, 0.2) is 42.7 Å². The first-order valence-electron chi connectivity index (χ1n) is 8.97. The number of likely N-dealkylation sites (tertiary alicyclic amines) is 1. The van der Waals surface area contributed by atoms with Crippen LogP contribution in [0.4, 0.5) is 4.79 Å². The van der Waals surface area contributed by atoms with Gasteiger partial charge in [0.15, 0.2) is 0 Å². The van der Waals surface area contributed by atoms with E-state index in [0.29, 0.717) is 39.1 Å². The number of hydrogen-bond acceptors (Lipinski definition) is 5. The van der Waals surface area contributed by atoms with Crippen LogP contribution in [0.1, 0.15) is 25.3 Å². The number of ether oxygens (including phenoxy) is 3. The number of benzene rings is 1. The van der Waals surface area contributed by atoms with Gasteiger partial charge in [0.25, 0.3) is 0 Å². The van der Waals surface area contributed by atoms with E-state index >= 15 is 0 Å². The smallest absolute Gasteiger partial charge is 0.409 e. The molecule has 0 aliphatic carbocycles. The molecule has 1 saturated heterocycles. The Kier molecular flexibility index (Phi) is 4.51. The van der Waals surface area contributed by atoms with Gasteiger partial charge in [-0.3, -0.25) is 4.98 Å². The van der Waals surface area contributed by atoms with E-state index in [4.69, 9.17) is 14.2 Å². The predicted octanol–water partition coefficient (Wildman–Crippen LogP) is 3.61. The van der Waals surface area contributed by atoms with E-state index in [2.05, 4.69) is 11.1 Å². The molecule has 0 bridgehead atoms. The standard InChI is InChI=1S/C20H22N2O4/c1-2-24-19(23)22-10-7-20(8-11-22)25-14-17-12-15(5-6-18(17)26-20)16-4-3-9-21-13-16/h3-6,9,12-13H,2,7-8,10-11,14H2,1H3. The third-order valence-electron chi connectivity index (χ3n) is 4.89. The fourth-order valence-corrected chi connectivity index (χ4v) is 3.44. The molecule has 0 radical (unpaired) electrons. The molecule has 0 saturated carbocycles. The molecule has 2 aliphatic rings.